The van der Waals surface area contributed by atoms with Gasteiger partial charge in [-0.1, -0.05) is 30.4 Å². The standard InChI is InChI=1S/C18H23N3O2/c1-12(22)21-14(8-9-18(2,3)17(19)23)10-13-11-20-16-7-5-4-6-15(13)16/h4-9,11,14,20H,10H2,1-3H3,(H2,19,23)(H,21,22)/b9-8+/t14-/m0/s1. The van der Waals surface area contributed by atoms with Crippen LogP contribution < -0.4 is 11.1 Å². The number of hydrogen-bond acceptors (Lipinski definition) is 2. The largest absolute Gasteiger partial charge is 0.369 e. The van der Waals surface area contributed by atoms with Gasteiger partial charge in [-0.15, -0.1) is 0 Å². The molecular formula is C18H23N3O2. The molecule has 5 nitrogen and oxygen atoms in total. The highest BCUT2D eigenvalue weighted by atomic mass is 16.1. The Morgan fingerprint density at radius 2 is 2.04 bits per heavy atom. The van der Waals surface area contributed by atoms with Crippen molar-refractivity contribution >= 4 is 22.7 Å². The van der Waals surface area contributed by atoms with Gasteiger partial charge in [-0.05, 0) is 31.9 Å². The minimum absolute atomic E-state index is 0.114. The van der Waals surface area contributed by atoms with E-state index in [1.807, 2.05) is 36.5 Å². The summed E-state index contributed by atoms with van der Waals surface area (Å²) in [5.41, 5.74) is 6.81. The van der Waals surface area contributed by atoms with E-state index in [9.17, 15) is 9.59 Å². The van der Waals surface area contributed by atoms with Crippen LogP contribution in [-0.4, -0.2) is 22.8 Å². The summed E-state index contributed by atoms with van der Waals surface area (Å²) in [6.07, 6.45) is 6.18. The van der Waals surface area contributed by atoms with Crippen molar-refractivity contribution in [1.29, 1.82) is 0 Å². The molecule has 0 fully saturated rings. The van der Waals surface area contributed by atoms with Crippen molar-refractivity contribution in [2.75, 3.05) is 0 Å². The molecule has 1 aromatic heterocycles. The first-order chi connectivity index (χ1) is 10.8. The van der Waals surface area contributed by atoms with Gasteiger partial charge in [0.15, 0.2) is 0 Å². The fourth-order valence-corrected chi connectivity index (χ4v) is 2.40. The number of nitrogens with one attached hydrogen (secondary N) is 2. The first-order valence-corrected chi connectivity index (χ1v) is 7.61. The number of aromatic nitrogens is 1. The molecule has 0 saturated heterocycles. The van der Waals surface area contributed by atoms with Gasteiger partial charge in [0, 0.05) is 24.0 Å². The summed E-state index contributed by atoms with van der Waals surface area (Å²) < 4.78 is 0. The molecule has 1 aromatic carbocycles. The number of H-pyrrole nitrogens is 1. The van der Waals surface area contributed by atoms with Crippen molar-refractivity contribution in [2.45, 2.75) is 33.2 Å². The number of nitrogens with two attached hydrogens (primary N) is 1. The Bertz CT molecular complexity index is 744. The van der Waals surface area contributed by atoms with E-state index in [1.165, 1.54) is 6.92 Å². The smallest absolute Gasteiger partial charge is 0.226 e. The highest BCUT2D eigenvalue weighted by molar-refractivity contribution is 5.83. The zero-order valence-electron chi connectivity index (χ0n) is 13.7. The zero-order chi connectivity index (χ0) is 17.0. The summed E-state index contributed by atoms with van der Waals surface area (Å²) in [5.74, 6) is -0.515. The van der Waals surface area contributed by atoms with Crippen LogP contribution in [0.2, 0.25) is 0 Å². The maximum atomic E-state index is 11.5. The van der Waals surface area contributed by atoms with Crippen LogP contribution in [0.3, 0.4) is 0 Å². The van der Waals surface area contributed by atoms with Crippen LogP contribution in [-0.2, 0) is 16.0 Å². The van der Waals surface area contributed by atoms with Crippen molar-refractivity contribution in [2.24, 2.45) is 11.1 Å². The van der Waals surface area contributed by atoms with E-state index in [0.717, 1.165) is 16.5 Å². The van der Waals surface area contributed by atoms with Crippen LogP contribution in [0, 0.1) is 5.41 Å². The summed E-state index contributed by atoms with van der Waals surface area (Å²) in [7, 11) is 0. The fourth-order valence-electron chi connectivity index (χ4n) is 2.40. The number of amides is 2. The Balaban J connectivity index is 2.24. The average Bonchev–Trinajstić information content (AvgIpc) is 2.87. The van der Waals surface area contributed by atoms with Crippen molar-refractivity contribution < 1.29 is 9.59 Å². The van der Waals surface area contributed by atoms with Gasteiger partial charge < -0.3 is 16.0 Å². The molecule has 0 aliphatic heterocycles. The minimum Gasteiger partial charge on any atom is -0.369 e. The van der Waals surface area contributed by atoms with E-state index in [4.69, 9.17) is 5.73 Å². The minimum atomic E-state index is -0.753. The first-order valence-electron chi connectivity index (χ1n) is 7.61. The Labute approximate surface area is 135 Å². The van der Waals surface area contributed by atoms with Crippen LogP contribution in [0.1, 0.15) is 26.3 Å². The predicted octanol–water partition coefficient (Wildman–Crippen LogP) is 2.28. The van der Waals surface area contributed by atoms with Crippen molar-refractivity contribution in [1.82, 2.24) is 10.3 Å². The number of hydrogen-bond donors (Lipinski definition) is 3. The number of benzene rings is 1. The summed E-state index contributed by atoms with van der Waals surface area (Å²) in [5, 5.41) is 4.03. The SMILES string of the molecule is CC(=O)N[C@@H](/C=C/C(C)(C)C(N)=O)Cc1c[nH]c2ccccc12. The second-order valence-electron chi connectivity index (χ2n) is 6.32. The van der Waals surface area contributed by atoms with Gasteiger partial charge >= 0.3 is 0 Å². The lowest BCUT2D eigenvalue weighted by molar-refractivity contribution is -0.123. The van der Waals surface area contributed by atoms with Gasteiger partial charge in [-0.25, -0.2) is 0 Å². The number of rotatable bonds is 6. The Morgan fingerprint density at radius 3 is 2.70 bits per heavy atom. The van der Waals surface area contributed by atoms with E-state index in [-0.39, 0.29) is 11.9 Å². The van der Waals surface area contributed by atoms with Crippen molar-refractivity contribution in [3.63, 3.8) is 0 Å². The van der Waals surface area contributed by atoms with Gasteiger partial charge in [0.05, 0.1) is 11.5 Å². The fraction of sp³-hybridized carbons (Fsp3) is 0.333. The van der Waals surface area contributed by atoms with Crippen LogP contribution in [0.5, 0.6) is 0 Å². The van der Waals surface area contributed by atoms with Gasteiger partial charge in [0.1, 0.15) is 0 Å². The molecule has 2 aromatic rings. The van der Waals surface area contributed by atoms with Crippen molar-refractivity contribution in [3.8, 4) is 0 Å². The highest BCUT2D eigenvalue weighted by Crippen LogP contribution is 2.21. The van der Waals surface area contributed by atoms with Gasteiger partial charge in [0.2, 0.25) is 11.8 Å². The lowest BCUT2D eigenvalue weighted by atomic mass is 9.91. The molecule has 4 N–H and O–H groups in total. The normalized spacial score (nSPS) is 13.3. The number of carbonyl (C=O) groups excluding carboxylic acids is 2. The molecule has 0 unspecified atom stereocenters. The number of carbonyl (C=O) groups is 2. The molecule has 23 heavy (non-hydrogen) atoms. The van der Waals surface area contributed by atoms with E-state index in [0.29, 0.717) is 6.42 Å². The lowest BCUT2D eigenvalue weighted by Crippen LogP contribution is -2.35. The summed E-state index contributed by atoms with van der Waals surface area (Å²) in [4.78, 5) is 26.1. The number of primary amides is 1. The van der Waals surface area contributed by atoms with Gasteiger partial charge in [0.25, 0.3) is 0 Å². The van der Waals surface area contributed by atoms with Crippen LogP contribution in [0.4, 0.5) is 0 Å². The topological polar surface area (TPSA) is 88.0 Å². The van der Waals surface area contributed by atoms with E-state index >= 15 is 0 Å². The lowest BCUT2D eigenvalue weighted by Gasteiger charge is -2.18. The molecule has 0 spiro atoms. The number of aromatic amines is 1. The quantitative estimate of drug-likeness (QED) is 0.714. The first kappa shape index (κ1) is 16.8. The van der Waals surface area contributed by atoms with E-state index in [1.54, 1.807) is 19.9 Å². The molecule has 2 amide bonds. The Hall–Kier alpha value is -2.56. The molecule has 1 atom stereocenters. The molecule has 0 radical (unpaired) electrons. The average molecular weight is 313 g/mol. The van der Waals surface area contributed by atoms with E-state index in [2.05, 4.69) is 10.3 Å². The molecule has 0 bridgehead atoms. The molecule has 122 valence electrons. The molecule has 5 heteroatoms. The van der Waals surface area contributed by atoms with E-state index < -0.39 is 11.3 Å². The predicted molar refractivity (Wildman–Crippen MR) is 91.7 cm³/mol. The van der Waals surface area contributed by atoms with Crippen LogP contribution in [0.25, 0.3) is 10.9 Å². The summed E-state index contributed by atoms with van der Waals surface area (Å²) >= 11 is 0. The zero-order valence-corrected chi connectivity index (χ0v) is 13.7. The van der Waals surface area contributed by atoms with Crippen LogP contribution >= 0.6 is 0 Å². The maximum Gasteiger partial charge on any atom is 0.226 e. The molecule has 0 saturated carbocycles. The van der Waals surface area contributed by atoms with Crippen molar-refractivity contribution in [3.05, 3.63) is 48.2 Å². The van der Waals surface area contributed by atoms with Gasteiger partial charge in [-0.3, -0.25) is 9.59 Å². The third-order valence-electron chi connectivity index (χ3n) is 3.88. The molecule has 2 rings (SSSR count). The Kier molecular flexibility index (Phi) is 4.89. The van der Waals surface area contributed by atoms with Crippen LogP contribution in [0.15, 0.2) is 42.6 Å². The second kappa shape index (κ2) is 6.69. The molecule has 1 heterocycles. The summed E-state index contributed by atoms with van der Waals surface area (Å²) in [6, 6.07) is 7.81. The summed E-state index contributed by atoms with van der Waals surface area (Å²) in [6.45, 7) is 4.99. The number of para-hydroxylation sites is 1. The van der Waals surface area contributed by atoms with Gasteiger partial charge in [-0.2, -0.15) is 0 Å². The molecule has 0 aliphatic rings. The number of fused-ring (bicyclic) bond motifs is 1. The molecular weight excluding hydrogens is 290 g/mol. The Morgan fingerprint density at radius 1 is 1.35 bits per heavy atom. The monoisotopic (exact) mass is 313 g/mol. The second-order valence-corrected chi connectivity index (χ2v) is 6.32. The maximum absolute atomic E-state index is 11.5. The molecule has 0 aliphatic carbocycles. The third kappa shape index (κ3) is 4.22. The highest BCUT2D eigenvalue weighted by Gasteiger charge is 2.22. The third-order valence-corrected chi connectivity index (χ3v) is 3.88.